The Labute approximate surface area is 151 Å². The Bertz CT molecular complexity index is 753. The van der Waals surface area contributed by atoms with Crippen LogP contribution < -0.4 is 5.32 Å². The smallest absolute Gasteiger partial charge is 0.327 e. The van der Waals surface area contributed by atoms with Crippen molar-refractivity contribution in [2.24, 2.45) is 0 Å². The minimum Gasteiger partial charge on any atom is -0.480 e. The fourth-order valence-electron chi connectivity index (χ4n) is 1.75. The van der Waals surface area contributed by atoms with E-state index in [9.17, 15) is 27.9 Å². The van der Waals surface area contributed by atoms with Crippen molar-refractivity contribution < 1.29 is 27.9 Å². The van der Waals surface area contributed by atoms with Gasteiger partial charge in [0, 0.05) is 18.6 Å². The standard InChI is InChI=1S/C18H22F3NO3Si/c1-18(2,3)26(4,5)8-6-7-14(17(24)25)22-16(23)15-12(20)9-11(19)10-13(15)21/h9-10,14H,7H2,1-5H3,(H,22,23)(H,24,25)/t14-/m1/s1. The van der Waals surface area contributed by atoms with Crippen LogP contribution in [0.5, 0.6) is 0 Å². The predicted octanol–water partition coefficient (Wildman–Crippen LogP) is 3.73. The van der Waals surface area contributed by atoms with Crippen LogP contribution >= 0.6 is 0 Å². The van der Waals surface area contributed by atoms with Gasteiger partial charge in [-0.3, -0.25) is 4.79 Å². The van der Waals surface area contributed by atoms with E-state index in [1.165, 1.54) is 0 Å². The number of carbonyl (C=O) groups is 2. The van der Waals surface area contributed by atoms with Crippen molar-refractivity contribution >= 4 is 20.0 Å². The van der Waals surface area contributed by atoms with Crippen LogP contribution in [0, 0.1) is 28.9 Å². The Balaban J connectivity index is 2.98. The molecule has 2 N–H and O–H groups in total. The first-order valence-electron chi connectivity index (χ1n) is 7.94. The fraction of sp³-hybridized carbons (Fsp3) is 0.444. The molecule has 0 spiro atoms. The minimum atomic E-state index is -1.96. The van der Waals surface area contributed by atoms with E-state index < -0.39 is 49.0 Å². The Morgan fingerprint density at radius 1 is 1.19 bits per heavy atom. The summed E-state index contributed by atoms with van der Waals surface area (Å²) in [5, 5.41) is 11.2. The number of carbonyl (C=O) groups excluding carboxylic acids is 1. The largest absolute Gasteiger partial charge is 0.480 e. The summed E-state index contributed by atoms with van der Waals surface area (Å²) in [4.78, 5) is 23.3. The summed E-state index contributed by atoms with van der Waals surface area (Å²) in [5.74, 6) is -3.87. The van der Waals surface area contributed by atoms with E-state index >= 15 is 0 Å². The average Bonchev–Trinajstić information content (AvgIpc) is 2.43. The van der Waals surface area contributed by atoms with Gasteiger partial charge in [-0.15, -0.1) is 11.5 Å². The molecule has 142 valence electrons. The molecule has 1 atom stereocenters. The normalized spacial score (nSPS) is 12.8. The zero-order valence-electron chi connectivity index (χ0n) is 15.3. The van der Waals surface area contributed by atoms with Crippen molar-refractivity contribution in [2.45, 2.75) is 51.4 Å². The van der Waals surface area contributed by atoms with Gasteiger partial charge in [0.1, 0.15) is 37.1 Å². The number of nitrogens with one attached hydrogen (secondary N) is 1. The van der Waals surface area contributed by atoms with E-state index in [-0.39, 0.29) is 11.5 Å². The molecule has 0 heterocycles. The maximum Gasteiger partial charge on any atom is 0.327 e. The maximum atomic E-state index is 13.6. The molecule has 0 saturated carbocycles. The van der Waals surface area contributed by atoms with Crippen LogP contribution in [0.4, 0.5) is 13.2 Å². The summed E-state index contributed by atoms with van der Waals surface area (Å²) < 4.78 is 40.2. The van der Waals surface area contributed by atoms with E-state index in [1.807, 2.05) is 39.2 Å². The summed E-state index contributed by atoms with van der Waals surface area (Å²) in [5.41, 5.74) is 2.07. The van der Waals surface area contributed by atoms with Crippen molar-refractivity contribution in [3.63, 3.8) is 0 Å². The third-order valence-electron chi connectivity index (χ3n) is 4.42. The van der Waals surface area contributed by atoms with Gasteiger partial charge in [0.15, 0.2) is 0 Å². The molecular weight excluding hydrogens is 363 g/mol. The number of hydrogen-bond acceptors (Lipinski definition) is 2. The van der Waals surface area contributed by atoms with Crippen LogP contribution in [0.3, 0.4) is 0 Å². The van der Waals surface area contributed by atoms with E-state index in [4.69, 9.17) is 0 Å². The molecule has 1 amide bonds. The number of rotatable bonds is 4. The number of hydrogen-bond donors (Lipinski definition) is 2. The zero-order valence-corrected chi connectivity index (χ0v) is 16.3. The average molecular weight is 385 g/mol. The minimum absolute atomic E-state index is 0.0255. The molecule has 1 aromatic carbocycles. The monoisotopic (exact) mass is 385 g/mol. The van der Waals surface area contributed by atoms with Crippen molar-refractivity contribution in [1.82, 2.24) is 5.32 Å². The van der Waals surface area contributed by atoms with Gasteiger partial charge in [0.2, 0.25) is 0 Å². The third kappa shape index (κ3) is 5.36. The first-order chi connectivity index (χ1) is 11.8. The quantitative estimate of drug-likeness (QED) is 0.613. The first-order valence-corrected chi connectivity index (χ1v) is 10.9. The predicted molar refractivity (Wildman–Crippen MR) is 94.8 cm³/mol. The highest BCUT2D eigenvalue weighted by molar-refractivity contribution is 6.87. The highest BCUT2D eigenvalue weighted by Gasteiger charge is 2.33. The van der Waals surface area contributed by atoms with E-state index in [0.717, 1.165) is 0 Å². The number of benzene rings is 1. The second-order valence-corrected chi connectivity index (χ2v) is 12.5. The van der Waals surface area contributed by atoms with Gasteiger partial charge in [-0.1, -0.05) is 33.9 Å². The molecule has 0 fully saturated rings. The first kappa shape index (κ1) is 21.8. The van der Waals surface area contributed by atoms with Gasteiger partial charge >= 0.3 is 5.97 Å². The second-order valence-electron chi connectivity index (χ2n) is 7.49. The lowest BCUT2D eigenvalue weighted by Crippen LogP contribution is -2.41. The lowest BCUT2D eigenvalue weighted by atomic mass is 10.1. The number of halogens is 3. The van der Waals surface area contributed by atoms with Crippen LogP contribution in [0.2, 0.25) is 18.1 Å². The number of amides is 1. The highest BCUT2D eigenvalue weighted by atomic mass is 28.3. The van der Waals surface area contributed by atoms with Crippen molar-refractivity contribution in [1.29, 1.82) is 0 Å². The van der Waals surface area contributed by atoms with Crippen molar-refractivity contribution in [2.75, 3.05) is 0 Å². The van der Waals surface area contributed by atoms with Crippen LogP contribution in [0.15, 0.2) is 12.1 Å². The maximum absolute atomic E-state index is 13.6. The summed E-state index contributed by atoms with van der Waals surface area (Å²) in [6.07, 6.45) is -0.210. The molecule has 1 rings (SSSR count). The lowest BCUT2D eigenvalue weighted by molar-refractivity contribution is -0.139. The van der Waals surface area contributed by atoms with E-state index in [1.54, 1.807) is 0 Å². The molecule has 0 bridgehead atoms. The SMILES string of the molecule is CC(C)(C)[Si](C)(C)C#CC[C@@H](NC(=O)c1c(F)cc(F)cc1F)C(=O)O. The molecule has 4 nitrogen and oxygen atoms in total. The van der Waals surface area contributed by atoms with E-state index in [2.05, 4.69) is 11.5 Å². The van der Waals surface area contributed by atoms with Gasteiger partial charge in [-0.05, 0) is 5.04 Å². The molecule has 0 aliphatic rings. The fourth-order valence-corrected chi connectivity index (χ4v) is 2.67. The number of carboxylic acids is 1. The topological polar surface area (TPSA) is 66.4 Å². The molecule has 0 aromatic heterocycles. The van der Waals surface area contributed by atoms with Crippen molar-refractivity contribution in [3.8, 4) is 11.5 Å². The molecule has 0 radical (unpaired) electrons. The Morgan fingerprint density at radius 2 is 1.69 bits per heavy atom. The Morgan fingerprint density at radius 3 is 2.12 bits per heavy atom. The number of aliphatic carboxylic acids is 1. The lowest BCUT2D eigenvalue weighted by Gasteiger charge is -2.31. The summed E-state index contributed by atoms with van der Waals surface area (Å²) in [7, 11) is -1.96. The van der Waals surface area contributed by atoms with Gasteiger partial charge in [0.05, 0.1) is 0 Å². The van der Waals surface area contributed by atoms with Crippen LogP contribution in [0.25, 0.3) is 0 Å². The van der Waals surface area contributed by atoms with Crippen LogP contribution in [-0.4, -0.2) is 31.1 Å². The molecule has 0 saturated heterocycles. The highest BCUT2D eigenvalue weighted by Crippen LogP contribution is 2.35. The van der Waals surface area contributed by atoms with Gasteiger partial charge < -0.3 is 10.4 Å². The van der Waals surface area contributed by atoms with Gasteiger partial charge in [-0.25, -0.2) is 18.0 Å². The summed E-state index contributed by atoms with van der Waals surface area (Å²) in [6, 6.07) is -0.737. The third-order valence-corrected chi connectivity index (χ3v) is 8.97. The molecule has 0 aliphatic heterocycles. The Kier molecular flexibility index (Phi) is 6.66. The molecule has 1 aromatic rings. The van der Waals surface area contributed by atoms with E-state index in [0.29, 0.717) is 12.1 Å². The number of carboxylic acid groups (broad SMARTS) is 1. The molecular formula is C18H22F3NO3Si. The summed E-state index contributed by atoms with van der Waals surface area (Å²) >= 11 is 0. The second kappa shape index (κ2) is 7.95. The molecule has 0 unspecified atom stereocenters. The molecule has 8 heteroatoms. The Hall–Kier alpha value is -2.27. The molecule has 26 heavy (non-hydrogen) atoms. The van der Waals surface area contributed by atoms with Gasteiger partial charge in [0.25, 0.3) is 5.91 Å². The van der Waals surface area contributed by atoms with Crippen molar-refractivity contribution in [3.05, 3.63) is 35.1 Å². The summed E-state index contributed by atoms with van der Waals surface area (Å²) in [6.45, 7) is 10.2. The molecule has 0 aliphatic carbocycles. The zero-order chi connectivity index (χ0) is 20.3. The van der Waals surface area contributed by atoms with Crippen LogP contribution in [-0.2, 0) is 4.79 Å². The van der Waals surface area contributed by atoms with Crippen LogP contribution in [0.1, 0.15) is 37.6 Å². The van der Waals surface area contributed by atoms with Gasteiger partial charge in [-0.2, -0.15) is 0 Å².